The summed E-state index contributed by atoms with van der Waals surface area (Å²) in [7, 11) is 1.75. The van der Waals surface area contributed by atoms with E-state index < -0.39 is 6.04 Å². The van der Waals surface area contributed by atoms with Crippen molar-refractivity contribution in [3.05, 3.63) is 58.6 Å². The van der Waals surface area contributed by atoms with E-state index in [1.807, 2.05) is 6.92 Å². The first-order valence-electron chi connectivity index (χ1n) is 8.69. The lowest BCUT2D eigenvalue weighted by atomic mass is 10.2. The number of hydrogen-bond donors (Lipinski definition) is 2. The van der Waals surface area contributed by atoms with Crippen molar-refractivity contribution in [3.8, 4) is 0 Å². The van der Waals surface area contributed by atoms with Gasteiger partial charge in [-0.25, -0.2) is 0 Å². The van der Waals surface area contributed by atoms with E-state index in [-0.39, 0.29) is 11.8 Å². The lowest BCUT2D eigenvalue weighted by Gasteiger charge is -2.15. The molecule has 0 bridgehead atoms. The molecule has 1 aromatic carbocycles. The lowest BCUT2D eigenvalue weighted by Crippen LogP contribution is -2.25. The number of aromatic nitrogens is 4. The number of carbonyl (C=O) groups is 2. The Kier molecular flexibility index (Phi) is 5.51. The topological polar surface area (TPSA) is 93.8 Å². The molecule has 2 aromatic heterocycles. The van der Waals surface area contributed by atoms with Crippen molar-refractivity contribution >= 4 is 34.8 Å². The molecular formula is C19H21ClN6O2. The maximum Gasteiger partial charge on any atom is 0.276 e. The molecule has 0 aliphatic carbocycles. The first-order valence-corrected chi connectivity index (χ1v) is 9.07. The van der Waals surface area contributed by atoms with Gasteiger partial charge in [-0.2, -0.15) is 10.2 Å². The quantitative estimate of drug-likeness (QED) is 0.686. The molecule has 1 atom stereocenters. The molecule has 0 saturated heterocycles. The van der Waals surface area contributed by atoms with Crippen LogP contribution in [0.5, 0.6) is 0 Å². The van der Waals surface area contributed by atoms with Crippen LogP contribution in [0.2, 0.25) is 5.02 Å². The number of halogens is 1. The molecule has 9 heteroatoms. The Bertz CT molecular complexity index is 1020. The first kappa shape index (κ1) is 19.6. The molecule has 2 N–H and O–H groups in total. The maximum atomic E-state index is 12.5. The van der Waals surface area contributed by atoms with Crippen molar-refractivity contribution in [1.29, 1.82) is 0 Å². The fourth-order valence-corrected chi connectivity index (χ4v) is 2.87. The number of hydrogen-bond acceptors (Lipinski definition) is 4. The number of anilines is 2. The van der Waals surface area contributed by atoms with Crippen LogP contribution in [0.15, 0.2) is 36.5 Å². The zero-order chi connectivity index (χ0) is 20.4. The van der Waals surface area contributed by atoms with Gasteiger partial charge in [0.2, 0.25) is 5.91 Å². The number of carbonyl (C=O) groups excluding carboxylic acids is 2. The molecule has 0 aliphatic rings. The van der Waals surface area contributed by atoms with Gasteiger partial charge in [-0.15, -0.1) is 0 Å². The Hall–Kier alpha value is -3.13. The van der Waals surface area contributed by atoms with Gasteiger partial charge in [-0.1, -0.05) is 11.6 Å². The van der Waals surface area contributed by atoms with Gasteiger partial charge in [-0.05, 0) is 51.1 Å². The third-order valence-corrected chi connectivity index (χ3v) is 4.89. The predicted octanol–water partition coefficient (Wildman–Crippen LogP) is 3.34. The Morgan fingerprint density at radius 2 is 1.64 bits per heavy atom. The number of nitrogens with one attached hydrogen (secondary N) is 2. The summed E-state index contributed by atoms with van der Waals surface area (Å²) in [5.74, 6) is -0.514. The zero-order valence-corrected chi connectivity index (χ0v) is 16.8. The van der Waals surface area contributed by atoms with Gasteiger partial charge in [0.1, 0.15) is 6.04 Å². The number of aryl methyl sites for hydroxylation is 2. The molecule has 0 saturated carbocycles. The van der Waals surface area contributed by atoms with Crippen LogP contribution in [0, 0.1) is 13.8 Å². The normalized spacial score (nSPS) is 11.9. The van der Waals surface area contributed by atoms with Gasteiger partial charge in [-0.3, -0.25) is 19.0 Å². The van der Waals surface area contributed by atoms with E-state index in [0.29, 0.717) is 27.8 Å². The fourth-order valence-electron chi connectivity index (χ4n) is 2.75. The molecule has 0 aliphatic heterocycles. The number of benzene rings is 1. The van der Waals surface area contributed by atoms with E-state index in [2.05, 4.69) is 20.8 Å². The van der Waals surface area contributed by atoms with Gasteiger partial charge in [0.05, 0.1) is 16.4 Å². The molecule has 0 spiro atoms. The highest BCUT2D eigenvalue weighted by molar-refractivity contribution is 6.31. The molecule has 3 aromatic rings. The Labute approximate surface area is 167 Å². The molecule has 28 heavy (non-hydrogen) atoms. The Morgan fingerprint density at radius 3 is 2.14 bits per heavy atom. The van der Waals surface area contributed by atoms with Crippen LogP contribution in [0.1, 0.15) is 34.8 Å². The average molecular weight is 401 g/mol. The van der Waals surface area contributed by atoms with Gasteiger partial charge in [0, 0.05) is 24.6 Å². The molecule has 3 rings (SSSR count). The van der Waals surface area contributed by atoms with E-state index in [1.54, 1.807) is 66.8 Å². The highest BCUT2D eigenvalue weighted by Crippen LogP contribution is 2.23. The van der Waals surface area contributed by atoms with Crippen molar-refractivity contribution in [2.75, 3.05) is 10.6 Å². The van der Waals surface area contributed by atoms with Crippen LogP contribution in [-0.2, 0) is 11.8 Å². The lowest BCUT2D eigenvalue weighted by molar-refractivity contribution is -0.119. The summed E-state index contributed by atoms with van der Waals surface area (Å²) in [6, 6.07) is 7.97. The summed E-state index contributed by atoms with van der Waals surface area (Å²) in [5.41, 5.74) is 2.98. The van der Waals surface area contributed by atoms with Crippen LogP contribution in [-0.4, -0.2) is 31.4 Å². The highest BCUT2D eigenvalue weighted by Gasteiger charge is 2.20. The van der Waals surface area contributed by atoms with E-state index in [4.69, 9.17) is 11.6 Å². The van der Waals surface area contributed by atoms with Crippen LogP contribution in [0.3, 0.4) is 0 Å². The molecule has 1 unspecified atom stereocenters. The Balaban J connectivity index is 1.64. The number of rotatable bonds is 5. The second-order valence-electron chi connectivity index (χ2n) is 6.50. The molecule has 2 heterocycles. The molecular weight excluding hydrogens is 380 g/mol. The average Bonchev–Trinajstić information content (AvgIpc) is 3.21. The van der Waals surface area contributed by atoms with Crippen molar-refractivity contribution in [2.24, 2.45) is 7.05 Å². The maximum absolute atomic E-state index is 12.5. The number of amides is 2. The highest BCUT2D eigenvalue weighted by atomic mass is 35.5. The summed E-state index contributed by atoms with van der Waals surface area (Å²) in [6.07, 6.45) is 1.70. The summed E-state index contributed by atoms with van der Waals surface area (Å²) in [6.45, 7) is 5.38. The van der Waals surface area contributed by atoms with Crippen LogP contribution < -0.4 is 10.6 Å². The molecule has 8 nitrogen and oxygen atoms in total. The van der Waals surface area contributed by atoms with Gasteiger partial charge >= 0.3 is 0 Å². The number of nitrogens with zero attached hydrogens (tertiary/aromatic N) is 4. The van der Waals surface area contributed by atoms with Gasteiger partial charge < -0.3 is 10.6 Å². The SMILES string of the molecule is Cc1nn(C(C)C(=O)Nc2ccc(NC(=O)c3ccn(C)n3)cc2)c(C)c1Cl. The predicted molar refractivity (Wildman–Crippen MR) is 108 cm³/mol. The van der Waals surface area contributed by atoms with Crippen LogP contribution in [0.4, 0.5) is 11.4 Å². The van der Waals surface area contributed by atoms with Crippen molar-refractivity contribution in [2.45, 2.75) is 26.8 Å². The van der Waals surface area contributed by atoms with Gasteiger partial charge in [0.15, 0.2) is 5.69 Å². The fraction of sp³-hybridized carbons (Fsp3) is 0.263. The standard InChI is InChI=1S/C19H21ClN6O2/c1-11-17(20)12(2)26(23-11)13(3)18(27)21-14-5-7-15(8-6-14)22-19(28)16-9-10-25(4)24-16/h5-10,13H,1-4H3,(H,21,27)(H,22,28). The third-order valence-electron chi connectivity index (χ3n) is 4.34. The van der Waals surface area contributed by atoms with E-state index in [0.717, 1.165) is 5.69 Å². The molecule has 0 radical (unpaired) electrons. The summed E-state index contributed by atoms with van der Waals surface area (Å²) in [5, 5.41) is 14.5. The second kappa shape index (κ2) is 7.85. The third kappa shape index (κ3) is 4.07. The second-order valence-corrected chi connectivity index (χ2v) is 6.88. The summed E-state index contributed by atoms with van der Waals surface area (Å²) >= 11 is 6.16. The monoisotopic (exact) mass is 400 g/mol. The summed E-state index contributed by atoms with van der Waals surface area (Å²) in [4.78, 5) is 24.7. The largest absolute Gasteiger partial charge is 0.324 e. The minimum Gasteiger partial charge on any atom is -0.324 e. The summed E-state index contributed by atoms with van der Waals surface area (Å²) < 4.78 is 3.17. The van der Waals surface area contributed by atoms with Gasteiger partial charge in [0.25, 0.3) is 5.91 Å². The van der Waals surface area contributed by atoms with E-state index in [1.165, 1.54) is 0 Å². The molecule has 2 amide bonds. The zero-order valence-electron chi connectivity index (χ0n) is 16.0. The molecule has 146 valence electrons. The Morgan fingerprint density at radius 1 is 1.04 bits per heavy atom. The van der Waals surface area contributed by atoms with E-state index >= 15 is 0 Å². The van der Waals surface area contributed by atoms with Crippen molar-refractivity contribution in [3.63, 3.8) is 0 Å². The van der Waals surface area contributed by atoms with Crippen molar-refractivity contribution in [1.82, 2.24) is 19.6 Å². The van der Waals surface area contributed by atoms with E-state index in [9.17, 15) is 9.59 Å². The minimum absolute atomic E-state index is 0.215. The van der Waals surface area contributed by atoms with Crippen molar-refractivity contribution < 1.29 is 9.59 Å². The molecule has 0 fully saturated rings. The smallest absolute Gasteiger partial charge is 0.276 e. The van der Waals surface area contributed by atoms with Crippen LogP contribution in [0.25, 0.3) is 0 Å². The first-order chi connectivity index (χ1) is 13.3. The van der Waals surface area contributed by atoms with Crippen LogP contribution >= 0.6 is 11.6 Å². The minimum atomic E-state index is -0.519.